The number of anilines is 1. The fraction of sp³-hybridized carbons (Fsp3) is 0.423. The van der Waals surface area contributed by atoms with Crippen LogP contribution in [0.5, 0.6) is 11.5 Å². The summed E-state index contributed by atoms with van der Waals surface area (Å²) in [6, 6.07) is 7.85. The highest BCUT2D eigenvalue weighted by molar-refractivity contribution is 5.80. The molecule has 0 radical (unpaired) electrons. The first-order valence-electron chi connectivity index (χ1n) is 11.7. The second-order valence-corrected chi connectivity index (χ2v) is 9.40. The van der Waals surface area contributed by atoms with Crippen LogP contribution < -0.4 is 14.8 Å². The van der Waals surface area contributed by atoms with Crippen LogP contribution in [0.4, 0.5) is 5.82 Å². The molecule has 2 aliphatic heterocycles. The lowest BCUT2D eigenvalue weighted by Crippen LogP contribution is -2.45. The van der Waals surface area contributed by atoms with Crippen LogP contribution in [-0.2, 0) is 24.7 Å². The van der Waals surface area contributed by atoms with Gasteiger partial charge in [-0.2, -0.15) is 5.10 Å². The summed E-state index contributed by atoms with van der Waals surface area (Å²) in [5, 5.41) is 8.02. The predicted octanol–water partition coefficient (Wildman–Crippen LogP) is 3.38. The molecule has 0 saturated carbocycles. The average molecular weight is 462 g/mol. The van der Waals surface area contributed by atoms with E-state index in [-0.39, 0.29) is 11.4 Å². The molecule has 3 aromatic rings. The standard InChI is InChI=1S/C26H31N5O3/c1-17-23(20-14-27-30(2)15-20)12-19-5-6-26(29-25(19)28-17)7-8-31(16-26)24(32)11-18-9-21(33-3)13-22(10-18)34-4/h9-10,12-15H,5-8,11,16H2,1-4H3,(H,28,29)/t26-/m0/s1. The minimum absolute atomic E-state index is 0.121. The second-order valence-electron chi connectivity index (χ2n) is 9.40. The highest BCUT2D eigenvalue weighted by Crippen LogP contribution is 2.38. The number of methoxy groups -OCH3 is 2. The summed E-state index contributed by atoms with van der Waals surface area (Å²) in [5.74, 6) is 2.45. The minimum Gasteiger partial charge on any atom is -0.497 e. The van der Waals surface area contributed by atoms with Crippen LogP contribution in [0.2, 0.25) is 0 Å². The highest BCUT2D eigenvalue weighted by Gasteiger charge is 2.42. The van der Waals surface area contributed by atoms with E-state index in [1.807, 2.05) is 54.1 Å². The molecule has 0 aliphatic carbocycles. The van der Waals surface area contributed by atoms with Gasteiger partial charge in [-0.15, -0.1) is 0 Å². The van der Waals surface area contributed by atoms with E-state index in [9.17, 15) is 4.79 Å². The van der Waals surface area contributed by atoms with Crippen molar-refractivity contribution in [3.05, 3.63) is 53.5 Å². The molecule has 2 aromatic heterocycles. The third-order valence-corrected chi connectivity index (χ3v) is 7.04. The third-order valence-electron chi connectivity index (χ3n) is 7.04. The fourth-order valence-corrected chi connectivity index (χ4v) is 5.13. The molecular weight excluding hydrogens is 430 g/mol. The first kappa shape index (κ1) is 22.3. The topological polar surface area (TPSA) is 81.5 Å². The second kappa shape index (κ2) is 8.66. The number of fused-ring (bicyclic) bond motifs is 1. The lowest BCUT2D eigenvalue weighted by molar-refractivity contribution is -0.129. The molecular formula is C26H31N5O3. The van der Waals surface area contributed by atoms with E-state index in [1.54, 1.807) is 14.2 Å². The summed E-state index contributed by atoms with van der Waals surface area (Å²) in [6.45, 7) is 3.48. The van der Waals surface area contributed by atoms with Crippen LogP contribution in [0.15, 0.2) is 36.7 Å². The van der Waals surface area contributed by atoms with Gasteiger partial charge in [0, 0.05) is 49.2 Å². The molecule has 1 saturated heterocycles. The molecule has 8 nitrogen and oxygen atoms in total. The van der Waals surface area contributed by atoms with Gasteiger partial charge in [-0.1, -0.05) is 0 Å². The molecule has 8 heteroatoms. The Morgan fingerprint density at radius 3 is 2.59 bits per heavy atom. The first-order chi connectivity index (χ1) is 16.4. The van der Waals surface area contributed by atoms with E-state index in [2.05, 4.69) is 16.5 Å². The maximum atomic E-state index is 13.1. The smallest absolute Gasteiger partial charge is 0.227 e. The number of benzene rings is 1. The largest absolute Gasteiger partial charge is 0.497 e. The summed E-state index contributed by atoms with van der Waals surface area (Å²) >= 11 is 0. The lowest BCUT2D eigenvalue weighted by atomic mass is 9.86. The zero-order chi connectivity index (χ0) is 23.9. The molecule has 0 unspecified atom stereocenters. The molecule has 1 aromatic carbocycles. The van der Waals surface area contributed by atoms with Crippen molar-refractivity contribution in [2.45, 2.75) is 38.1 Å². The molecule has 1 N–H and O–H groups in total. The SMILES string of the molecule is COc1cc(CC(=O)N2CC[C@@]3(CCc4cc(-c5cnn(C)c5)c(C)nc4N3)C2)cc(OC)c1. The van der Waals surface area contributed by atoms with Crippen molar-refractivity contribution >= 4 is 11.7 Å². The van der Waals surface area contributed by atoms with Crippen molar-refractivity contribution < 1.29 is 14.3 Å². The number of hydrogen-bond acceptors (Lipinski definition) is 6. The lowest BCUT2D eigenvalue weighted by Gasteiger charge is -2.36. The van der Waals surface area contributed by atoms with Gasteiger partial charge in [-0.05, 0) is 55.5 Å². The Hall–Kier alpha value is -3.55. The molecule has 0 bridgehead atoms. The van der Waals surface area contributed by atoms with Gasteiger partial charge in [0.05, 0.1) is 32.4 Å². The molecule has 5 rings (SSSR count). The number of hydrogen-bond donors (Lipinski definition) is 1. The Bertz CT molecular complexity index is 1210. The number of rotatable bonds is 5. The number of amides is 1. The number of carbonyl (C=O) groups is 1. The summed E-state index contributed by atoms with van der Waals surface area (Å²) in [5.41, 5.74) is 5.19. The van der Waals surface area contributed by atoms with E-state index in [4.69, 9.17) is 14.5 Å². The Labute approximate surface area is 199 Å². The fourth-order valence-electron chi connectivity index (χ4n) is 5.13. The van der Waals surface area contributed by atoms with Gasteiger partial charge in [0.2, 0.25) is 5.91 Å². The van der Waals surface area contributed by atoms with Gasteiger partial charge in [0.1, 0.15) is 17.3 Å². The van der Waals surface area contributed by atoms with Gasteiger partial charge in [-0.3, -0.25) is 9.48 Å². The van der Waals surface area contributed by atoms with Gasteiger partial charge in [0.25, 0.3) is 0 Å². The third kappa shape index (κ3) is 4.20. The van der Waals surface area contributed by atoms with E-state index in [0.717, 1.165) is 54.0 Å². The summed E-state index contributed by atoms with van der Waals surface area (Å²) in [6.07, 6.45) is 7.07. The first-order valence-corrected chi connectivity index (χ1v) is 11.7. The predicted molar refractivity (Wildman–Crippen MR) is 130 cm³/mol. The Balaban J connectivity index is 1.29. The van der Waals surface area contributed by atoms with Crippen LogP contribution in [0.1, 0.15) is 29.7 Å². The molecule has 1 spiro atoms. The normalized spacial score (nSPS) is 19.1. The average Bonchev–Trinajstić information content (AvgIpc) is 3.45. The molecule has 178 valence electrons. The maximum absolute atomic E-state index is 13.1. The molecule has 2 aliphatic rings. The van der Waals surface area contributed by atoms with Gasteiger partial charge < -0.3 is 19.7 Å². The van der Waals surface area contributed by atoms with E-state index in [1.165, 1.54) is 5.56 Å². The van der Waals surface area contributed by atoms with Crippen molar-refractivity contribution in [3.63, 3.8) is 0 Å². The molecule has 1 atom stereocenters. The number of aromatic nitrogens is 3. The van der Waals surface area contributed by atoms with Crippen molar-refractivity contribution in [1.82, 2.24) is 19.7 Å². The molecule has 1 amide bonds. The van der Waals surface area contributed by atoms with Gasteiger partial charge in [0.15, 0.2) is 0 Å². The van der Waals surface area contributed by atoms with Gasteiger partial charge >= 0.3 is 0 Å². The number of carbonyl (C=O) groups excluding carboxylic acids is 1. The summed E-state index contributed by atoms with van der Waals surface area (Å²) < 4.78 is 12.5. The maximum Gasteiger partial charge on any atom is 0.227 e. The van der Waals surface area contributed by atoms with Crippen LogP contribution >= 0.6 is 0 Å². The van der Waals surface area contributed by atoms with E-state index < -0.39 is 0 Å². The van der Waals surface area contributed by atoms with Crippen LogP contribution in [0.25, 0.3) is 11.1 Å². The van der Waals surface area contributed by atoms with E-state index in [0.29, 0.717) is 24.5 Å². The molecule has 34 heavy (non-hydrogen) atoms. The Morgan fingerprint density at radius 1 is 1.15 bits per heavy atom. The Kier molecular flexibility index (Phi) is 5.67. The van der Waals surface area contributed by atoms with Crippen molar-refractivity contribution in [1.29, 1.82) is 0 Å². The quantitative estimate of drug-likeness (QED) is 0.627. The number of pyridine rings is 1. The monoisotopic (exact) mass is 461 g/mol. The molecule has 4 heterocycles. The minimum atomic E-state index is -0.121. The van der Waals surface area contributed by atoms with Crippen LogP contribution in [-0.4, -0.2) is 58.4 Å². The molecule has 1 fully saturated rings. The number of nitrogens with zero attached hydrogens (tertiary/aromatic N) is 4. The van der Waals surface area contributed by atoms with Crippen LogP contribution in [0, 0.1) is 6.92 Å². The van der Waals surface area contributed by atoms with E-state index >= 15 is 0 Å². The van der Waals surface area contributed by atoms with Crippen molar-refractivity contribution in [2.75, 3.05) is 32.6 Å². The summed E-state index contributed by atoms with van der Waals surface area (Å²) in [7, 11) is 5.16. The van der Waals surface area contributed by atoms with Crippen molar-refractivity contribution in [2.24, 2.45) is 7.05 Å². The number of ether oxygens (including phenoxy) is 2. The summed E-state index contributed by atoms with van der Waals surface area (Å²) in [4.78, 5) is 20.0. The zero-order valence-electron chi connectivity index (χ0n) is 20.2. The van der Waals surface area contributed by atoms with Crippen LogP contribution in [0.3, 0.4) is 0 Å². The zero-order valence-corrected chi connectivity index (χ0v) is 20.2. The van der Waals surface area contributed by atoms with Crippen molar-refractivity contribution in [3.8, 4) is 22.6 Å². The number of aryl methyl sites for hydroxylation is 3. The Morgan fingerprint density at radius 2 is 1.91 bits per heavy atom. The number of nitrogens with one attached hydrogen (secondary N) is 1. The highest BCUT2D eigenvalue weighted by atomic mass is 16.5. The number of likely N-dealkylation sites (tertiary alicyclic amines) is 1. The van der Waals surface area contributed by atoms with Gasteiger partial charge in [-0.25, -0.2) is 4.98 Å².